The topological polar surface area (TPSA) is 42.0 Å². The van der Waals surface area contributed by atoms with E-state index in [1.54, 1.807) is 18.0 Å². The number of nitrogens with one attached hydrogen (secondary N) is 1. The van der Waals surface area contributed by atoms with Gasteiger partial charge in [0.1, 0.15) is 0 Å². The molecule has 1 N–H and O–H groups in total. The number of amides is 1. The van der Waals surface area contributed by atoms with E-state index >= 15 is 0 Å². The van der Waals surface area contributed by atoms with Crippen molar-refractivity contribution < 1.29 is 4.79 Å². The molecule has 3 nitrogen and oxygen atoms in total. The molecule has 1 aliphatic carbocycles. The Kier molecular flexibility index (Phi) is 3.49. The molecule has 0 bridgehead atoms. The minimum atomic E-state index is 0.131. The van der Waals surface area contributed by atoms with Crippen LogP contribution in [0.4, 0.5) is 5.69 Å². The molecule has 86 valence electrons. The Morgan fingerprint density at radius 3 is 2.75 bits per heavy atom. The Balaban J connectivity index is 1.93. The average molecular weight is 236 g/mol. The second-order valence-electron chi connectivity index (χ2n) is 4.32. The molecule has 1 aromatic heterocycles. The van der Waals surface area contributed by atoms with Crippen LogP contribution in [-0.2, 0) is 4.79 Å². The van der Waals surface area contributed by atoms with Crippen LogP contribution in [0.25, 0.3) is 0 Å². The quantitative estimate of drug-likeness (QED) is 0.817. The second kappa shape index (κ2) is 4.87. The summed E-state index contributed by atoms with van der Waals surface area (Å²) in [6.07, 6.45) is 3.78. The maximum Gasteiger partial charge on any atom is 0.227 e. The van der Waals surface area contributed by atoms with Crippen molar-refractivity contribution in [1.29, 1.82) is 0 Å². The molecule has 0 aliphatic heterocycles. The average Bonchev–Trinajstić information content (AvgIpc) is 3.03. The summed E-state index contributed by atoms with van der Waals surface area (Å²) in [7, 11) is 0. The zero-order valence-corrected chi connectivity index (χ0v) is 10.4. The number of aromatic nitrogens is 1. The minimum Gasteiger partial charge on any atom is -0.324 e. The number of thioether (sulfide) groups is 1. The van der Waals surface area contributed by atoms with Crippen LogP contribution >= 0.6 is 11.8 Å². The molecule has 0 unspecified atom stereocenters. The van der Waals surface area contributed by atoms with Gasteiger partial charge in [0.2, 0.25) is 5.91 Å². The van der Waals surface area contributed by atoms with Gasteiger partial charge < -0.3 is 5.32 Å². The van der Waals surface area contributed by atoms with E-state index in [0.717, 1.165) is 23.6 Å². The Labute approximate surface area is 100 Å². The molecule has 2 rings (SSSR count). The molecular weight excluding hydrogens is 220 g/mol. The minimum absolute atomic E-state index is 0.131. The van der Waals surface area contributed by atoms with E-state index in [1.165, 1.54) is 0 Å². The molecule has 0 spiro atoms. The second-order valence-corrected chi connectivity index (χ2v) is 5.91. The maximum absolute atomic E-state index is 11.5. The van der Waals surface area contributed by atoms with Crippen molar-refractivity contribution in [2.24, 2.45) is 5.92 Å². The first-order chi connectivity index (χ1) is 7.65. The summed E-state index contributed by atoms with van der Waals surface area (Å²) in [4.78, 5) is 15.8. The highest BCUT2D eigenvalue weighted by Crippen LogP contribution is 2.30. The number of carbonyl (C=O) groups excluding carboxylic acids is 1. The summed E-state index contributed by atoms with van der Waals surface area (Å²) >= 11 is 1.72. The first-order valence-electron chi connectivity index (χ1n) is 5.58. The summed E-state index contributed by atoms with van der Waals surface area (Å²) in [6, 6.07) is 3.87. The zero-order chi connectivity index (χ0) is 11.5. The third-order valence-corrected chi connectivity index (χ3v) is 3.26. The number of hydrogen-bond donors (Lipinski definition) is 1. The van der Waals surface area contributed by atoms with E-state index in [4.69, 9.17) is 0 Å². The van der Waals surface area contributed by atoms with Gasteiger partial charge in [-0.05, 0) is 25.0 Å². The summed E-state index contributed by atoms with van der Waals surface area (Å²) in [6.45, 7) is 4.27. The highest BCUT2D eigenvalue weighted by Gasteiger charge is 2.29. The van der Waals surface area contributed by atoms with E-state index in [1.807, 2.05) is 12.1 Å². The molecule has 16 heavy (non-hydrogen) atoms. The number of pyridine rings is 1. The summed E-state index contributed by atoms with van der Waals surface area (Å²) in [5.74, 6) is 0.371. The van der Waals surface area contributed by atoms with Crippen LogP contribution in [0.15, 0.2) is 23.4 Å². The number of hydrogen-bond acceptors (Lipinski definition) is 3. The monoisotopic (exact) mass is 236 g/mol. The molecule has 1 aliphatic rings. The van der Waals surface area contributed by atoms with Crippen molar-refractivity contribution in [1.82, 2.24) is 4.98 Å². The fourth-order valence-corrected chi connectivity index (χ4v) is 2.10. The lowest BCUT2D eigenvalue weighted by Crippen LogP contribution is -2.13. The van der Waals surface area contributed by atoms with Gasteiger partial charge in [0, 0.05) is 11.2 Å². The summed E-state index contributed by atoms with van der Waals surface area (Å²) < 4.78 is 0. The predicted octanol–water partition coefficient (Wildman–Crippen LogP) is 2.93. The number of anilines is 1. The lowest BCUT2D eigenvalue weighted by molar-refractivity contribution is -0.117. The van der Waals surface area contributed by atoms with Crippen LogP contribution in [-0.4, -0.2) is 16.1 Å². The molecule has 0 radical (unpaired) electrons. The first-order valence-corrected chi connectivity index (χ1v) is 6.46. The first kappa shape index (κ1) is 11.5. The lowest BCUT2D eigenvalue weighted by Gasteiger charge is -2.06. The molecule has 1 heterocycles. The van der Waals surface area contributed by atoms with Crippen molar-refractivity contribution in [3.63, 3.8) is 0 Å². The summed E-state index contributed by atoms with van der Waals surface area (Å²) in [5, 5.41) is 4.40. The van der Waals surface area contributed by atoms with Gasteiger partial charge in [0.05, 0.1) is 16.9 Å². The van der Waals surface area contributed by atoms with Crippen LogP contribution in [0.3, 0.4) is 0 Å². The van der Waals surface area contributed by atoms with Gasteiger partial charge in [-0.25, -0.2) is 4.98 Å². The molecule has 4 heteroatoms. The van der Waals surface area contributed by atoms with Crippen LogP contribution in [0, 0.1) is 5.92 Å². The van der Waals surface area contributed by atoms with Gasteiger partial charge in [0.15, 0.2) is 0 Å². The molecular formula is C12H16N2OS. The van der Waals surface area contributed by atoms with E-state index in [9.17, 15) is 4.79 Å². The molecule has 1 saturated carbocycles. The fourth-order valence-electron chi connectivity index (χ4n) is 1.36. The highest BCUT2D eigenvalue weighted by atomic mass is 32.2. The van der Waals surface area contributed by atoms with Gasteiger partial charge in [-0.15, -0.1) is 11.8 Å². The van der Waals surface area contributed by atoms with Crippen molar-refractivity contribution >= 4 is 23.4 Å². The molecule has 1 amide bonds. The Bertz CT molecular complexity index is 371. The third kappa shape index (κ3) is 3.23. The van der Waals surface area contributed by atoms with Crippen LogP contribution < -0.4 is 5.32 Å². The standard InChI is InChI=1S/C12H16N2OS/c1-8(2)16-11-6-5-10(7-13-11)14-12(15)9-3-4-9/h5-9H,3-4H2,1-2H3,(H,14,15). The van der Waals surface area contributed by atoms with Gasteiger partial charge in [-0.3, -0.25) is 4.79 Å². The third-order valence-electron chi connectivity index (χ3n) is 2.31. The smallest absolute Gasteiger partial charge is 0.227 e. The molecule has 0 atom stereocenters. The van der Waals surface area contributed by atoms with Crippen LogP contribution in [0.5, 0.6) is 0 Å². The SMILES string of the molecule is CC(C)Sc1ccc(NC(=O)C2CC2)cn1. The summed E-state index contributed by atoms with van der Waals surface area (Å²) in [5.41, 5.74) is 0.796. The molecule has 1 fully saturated rings. The van der Waals surface area contributed by atoms with Gasteiger partial charge >= 0.3 is 0 Å². The van der Waals surface area contributed by atoms with Crippen molar-refractivity contribution in [2.75, 3.05) is 5.32 Å². The molecule has 0 aromatic carbocycles. The van der Waals surface area contributed by atoms with Gasteiger partial charge in [-0.1, -0.05) is 13.8 Å². The highest BCUT2D eigenvalue weighted by molar-refractivity contribution is 7.99. The zero-order valence-electron chi connectivity index (χ0n) is 9.56. The van der Waals surface area contributed by atoms with E-state index in [2.05, 4.69) is 24.1 Å². The maximum atomic E-state index is 11.5. The largest absolute Gasteiger partial charge is 0.324 e. The van der Waals surface area contributed by atoms with Crippen molar-refractivity contribution in [2.45, 2.75) is 37.0 Å². The van der Waals surface area contributed by atoms with Crippen molar-refractivity contribution in [3.8, 4) is 0 Å². The number of nitrogens with zero attached hydrogens (tertiary/aromatic N) is 1. The molecule has 1 aromatic rings. The number of carbonyl (C=O) groups is 1. The number of rotatable bonds is 4. The molecule has 0 saturated heterocycles. The Morgan fingerprint density at radius 2 is 2.25 bits per heavy atom. The van der Waals surface area contributed by atoms with E-state index in [0.29, 0.717) is 5.25 Å². The Hall–Kier alpha value is -1.03. The van der Waals surface area contributed by atoms with Gasteiger partial charge in [-0.2, -0.15) is 0 Å². The van der Waals surface area contributed by atoms with Crippen LogP contribution in [0.1, 0.15) is 26.7 Å². The van der Waals surface area contributed by atoms with E-state index < -0.39 is 0 Å². The van der Waals surface area contributed by atoms with Crippen molar-refractivity contribution in [3.05, 3.63) is 18.3 Å². The van der Waals surface area contributed by atoms with Gasteiger partial charge in [0.25, 0.3) is 0 Å². The normalized spacial score (nSPS) is 15.2. The Morgan fingerprint density at radius 1 is 1.50 bits per heavy atom. The predicted molar refractivity (Wildman–Crippen MR) is 66.6 cm³/mol. The van der Waals surface area contributed by atoms with Crippen LogP contribution in [0.2, 0.25) is 0 Å². The lowest BCUT2D eigenvalue weighted by atomic mass is 10.3. The van der Waals surface area contributed by atoms with E-state index in [-0.39, 0.29) is 11.8 Å². The fraction of sp³-hybridized carbons (Fsp3) is 0.500.